The Bertz CT molecular complexity index is 1630. The Morgan fingerprint density at radius 1 is 0.389 bits per heavy atom. The standard InChI is InChI=1S/C24H8F4O8/c25-9-1-5(21(29)30)13-6(22(31)32)2-11(27)17-18-12(28)4-8(24(35)36)14-7(23(33)34)3-10(26)16(20(14)18)15(9)19(13)17/h1-4H,(H,29,30)(H,31,32)(H,33,34)(H,35,36). The van der Waals surface area contributed by atoms with Crippen LogP contribution in [0.25, 0.3) is 43.1 Å². The fourth-order valence-electron chi connectivity index (χ4n) is 4.79. The number of fused-ring (bicyclic) bond motifs is 2. The number of carboxylic acid groups (broad SMARTS) is 4. The third kappa shape index (κ3) is 2.75. The number of hydrogen-bond acceptors (Lipinski definition) is 4. The molecule has 0 atom stereocenters. The van der Waals surface area contributed by atoms with E-state index in [1.54, 1.807) is 0 Å². The van der Waals surface area contributed by atoms with Crippen molar-refractivity contribution in [3.8, 4) is 0 Å². The molecule has 0 bridgehead atoms. The second kappa shape index (κ2) is 7.25. The molecule has 0 aliphatic carbocycles. The molecule has 8 nitrogen and oxygen atoms in total. The van der Waals surface area contributed by atoms with Gasteiger partial charge in [0.25, 0.3) is 0 Å². The highest BCUT2D eigenvalue weighted by molar-refractivity contribution is 6.38. The number of benzene rings is 5. The van der Waals surface area contributed by atoms with Gasteiger partial charge in [0, 0.05) is 43.1 Å². The molecule has 0 heterocycles. The van der Waals surface area contributed by atoms with E-state index in [-0.39, 0.29) is 0 Å². The van der Waals surface area contributed by atoms with Crippen molar-refractivity contribution in [2.45, 2.75) is 0 Å². The van der Waals surface area contributed by atoms with Crippen LogP contribution in [0.3, 0.4) is 0 Å². The molecule has 36 heavy (non-hydrogen) atoms. The summed E-state index contributed by atoms with van der Waals surface area (Å²) in [5, 5.41) is 31.8. The van der Waals surface area contributed by atoms with Crippen molar-refractivity contribution < 1.29 is 57.2 Å². The van der Waals surface area contributed by atoms with Crippen molar-refractivity contribution in [2.24, 2.45) is 0 Å². The van der Waals surface area contributed by atoms with E-state index in [2.05, 4.69) is 0 Å². The molecule has 0 aromatic heterocycles. The Morgan fingerprint density at radius 2 is 0.583 bits per heavy atom. The van der Waals surface area contributed by atoms with Crippen LogP contribution in [0.15, 0.2) is 24.3 Å². The molecule has 0 unspecified atom stereocenters. The molecular weight excluding hydrogens is 492 g/mol. The lowest BCUT2D eigenvalue weighted by Gasteiger charge is -2.20. The van der Waals surface area contributed by atoms with Gasteiger partial charge in [0.1, 0.15) is 23.3 Å². The summed E-state index contributed by atoms with van der Waals surface area (Å²) < 4.78 is 61.7. The van der Waals surface area contributed by atoms with E-state index >= 15 is 17.6 Å². The SMILES string of the molecule is O=C(O)c1cc(F)c2c3c(F)cc(C(=O)O)c4c(C(=O)O)cc(F)c(c5c(F)cc(C(=O)O)c1c25)c43. The van der Waals surface area contributed by atoms with Gasteiger partial charge >= 0.3 is 23.9 Å². The molecular formula is C24H8F4O8. The third-order valence-corrected chi connectivity index (χ3v) is 6.04. The highest BCUT2D eigenvalue weighted by Gasteiger charge is 2.32. The molecule has 0 radical (unpaired) electrons. The summed E-state index contributed by atoms with van der Waals surface area (Å²) in [5.74, 6) is -13.2. The van der Waals surface area contributed by atoms with Crippen molar-refractivity contribution in [3.05, 3.63) is 69.8 Å². The Balaban J connectivity index is 2.33. The molecule has 0 aliphatic rings. The summed E-state index contributed by atoms with van der Waals surface area (Å²) in [5.41, 5.74) is -3.74. The molecule has 5 aromatic rings. The molecule has 12 heteroatoms. The lowest BCUT2D eigenvalue weighted by molar-refractivity contribution is 0.0680. The number of halogens is 4. The highest BCUT2D eigenvalue weighted by Crippen LogP contribution is 2.47. The molecule has 0 saturated carbocycles. The van der Waals surface area contributed by atoms with Crippen molar-refractivity contribution in [2.75, 3.05) is 0 Å². The largest absolute Gasteiger partial charge is 0.478 e. The molecule has 0 aliphatic heterocycles. The zero-order valence-corrected chi connectivity index (χ0v) is 17.2. The lowest BCUT2D eigenvalue weighted by atomic mass is 9.83. The summed E-state index contributed by atoms with van der Waals surface area (Å²) in [7, 11) is 0. The zero-order chi connectivity index (χ0) is 26.4. The van der Waals surface area contributed by atoms with Gasteiger partial charge < -0.3 is 20.4 Å². The van der Waals surface area contributed by atoms with Crippen molar-refractivity contribution in [1.29, 1.82) is 0 Å². The first-order valence-corrected chi connectivity index (χ1v) is 9.78. The van der Waals surface area contributed by atoms with E-state index in [4.69, 9.17) is 0 Å². The van der Waals surface area contributed by atoms with Gasteiger partial charge in [0.05, 0.1) is 22.3 Å². The Hall–Kier alpha value is -5.00. The number of rotatable bonds is 4. The van der Waals surface area contributed by atoms with Gasteiger partial charge in [-0.1, -0.05) is 0 Å². The smallest absolute Gasteiger partial charge is 0.336 e. The first-order chi connectivity index (χ1) is 16.9. The number of carboxylic acids is 4. The Labute approximate surface area is 194 Å². The van der Waals surface area contributed by atoms with Crippen LogP contribution >= 0.6 is 0 Å². The van der Waals surface area contributed by atoms with Gasteiger partial charge in [-0.05, 0) is 24.3 Å². The number of hydrogen-bond donors (Lipinski definition) is 4. The average molecular weight is 500 g/mol. The first kappa shape index (κ1) is 22.8. The quantitative estimate of drug-likeness (QED) is 0.152. The van der Waals surface area contributed by atoms with Crippen LogP contribution in [0.1, 0.15) is 41.4 Å². The van der Waals surface area contributed by atoms with Gasteiger partial charge in [-0.3, -0.25) is 0 Å². The predicted octanol–water partition coefficient (Wildman–Crippen LogP) is 5.09. The van der Waals surface area contributed by atoms with Crippen molar-refractivity contribution in [1.82, 2.24) is 0 Å². The maximum absolute atomic E-state index is 15.4. The van der Waals surface area contributed by atoms with E-state index in [1.165, 1.54) is 0 Å². The van der Waals surface area contributed by atoms with Crippen molar-refractivity contribution in [3.63, 3.8) is 0 Å². The maximum Gasteiger partial charge on any atom is 0.336 e. The minimum atomic E-state index is -1.82. The van der Waals surface area contributed by atoms with Gasteiger partial charge in [-0.15, -0.1) is 0 Å². The highest BCUT2D eigenvalue weighted by atomic mass is 19.1. The fourth-order valence-corrected chi connectivity index (χ4v) is 4.79. The van der Waals surface area contributed by atoms with Gasteiger partial charge in [0.15, 0.2) is 0 Å². The van der Waals surface area contributed by atoms with E-state index in [0.717, 1.165) is 0 Å². The van der Waals surface area contributed by atoms with Crippen LogP contribution in [0, 0.1) is 23.3 Å². The first-order valence-electron chi connectivity index (χ1n) is 9.78. The summed E-state index contributed by atoms with van der Waals surface area (Å²) >= 11 is 0. The van der Waals surface area contributed by atoms with Crippen molar-refractivity contribution >= 4 is 67.0 Å². The Morgan fingerprint density at radius 3 is 0.750 bits per heavy atom. The molecule has 0 saturated heterocycles. The van der Waals surface area contributed by atoms with Crippen LogP contribution in [-0.4, -0.2) is 44.3 Å². The second-order valence-corrected chi connectivity index (χ2v) is 7.84. The molecule has 4 N–H and O–H groups in total. The minimum absolute atomic E-state index is 0.368. The topological polar surface area (TPSA) is 149 Å². The van der Waals surface area contributed by atoms with Crippen LogP contribution in [0.2, 0.25) is 0 Å². The van der Waals surface area contributed by atoms with Gasteiger partial charge in [-0.25, -0.2) is 36.7 Å². The van der Waals surface area contributed by atoms with Crippen LogP contribution < -0.4 is 0 Å². The van der Waals surface area contributed by atoms with E-state index in [0.29, 0.717) is 24.3 Å². The van der Waals surface area contributed by atoms with E-state index in [1.807, 2.05) is 0 Å². The zero-order valence-electron chi connectivity index (χ0n) is 17.2. The van der Waals surface area contributed by atoms with E-state index < -0.39 is 112 Å². The Kier molecular flexibility index (Phi) is 4.59. The third-order valence-electron chi connectivity index (χ3n) is 6.04. The molecule has 0 fully saturated rings. The summed E-state index contributed by atoms with van der Waals surface area (Å²) in [6.07, 6.45) is 0. The summed E-state index contributed by atoms with van der Waals surface area (Å²) in [6.45, 7) is 0. The average Bonchev–Trinajstić information content (AvgIpc) is 2.79. The van der Waals surface area contributed by atoms with E-state index in [9.17, 15) is 39.6 Å². The molecule has 0 spiro atoms. The predicted molar refractivity (Wildman–Crippen MR) is 115 cm³/mol. The number of carbonyl (C=O) groups is 4. The lowest BCUT2D eigenvalue weighted by Crippen LogP contribution is -2.10. The monoisotopic (exact) mass is 500 g/mol. The summed E-state index contributed by atoms with van der Waals surface area (Å²) in [4.78, 5) is 47.3. The van der Waals surface area contributed by atoms with Crippen LogP contribution in [0.4, 0.5) is 17.6 Å². The number of aromatic carboxylic acids is 4. The molecule has 5 aromatic carbocycles. The minimum Gasteiger partial charge on any atom is -0.478 e. The molecule has 180 valence electrons. The van der Waals surface area contributed by atoms with Crippen LogP contribution in [0.5, 0.6) is 0 Å². The van der Waals surface area contributed by atoms with Crippen LogP contribution in [-0.2, 0) is 0 Å². The summed E-state index contributed by atoms with van der Waals surface area (Å²) in [6, 6.07) is 1.47. The van der Waals surface area contributed by atoms with Gasteiger partial charge in [-0.2, -0.15) is 0 Å². The normalized spacial score (nSPS) is 11.7. The second-order valence-electron chi connectivity index (χ2n) is 7.84. The fraction of sp³-hybridized carbons (Fsp3) is 0. The van der Waals surface area contributed by atoms with Gasteiger partial charge in [0.2, 0.25) is 0 Å². The molecule has 5 rings (SSSR count). The molecule has 0 amide bonds. The maximum atomic E-state index is 15.4.